The molecule has 0 saturated heterocycles. The van der Waals surface area contributed by atoms with Crippen LogP contribution in [0.25, 0.3) is 0 Å². The van der Waals surface area contributed by atoms with Crippen LogP contribution < -0.4 is 0 Å². The molecule has 0 aliphatic carbocycles. The van der Waals surface area contributed by atoms with Gasteiger partial charge in [0.05, 0.1) is 0 Å². The molecule has 0 atom stereocenters. The van der Waals surface area contributed by atoms with Gasteiger partial charge in [-0.1, -0.05) is 6.07 Å². The second kappa shape index (κ2) is 5.19. The molecule has 0 aliphatic rings. The van der Waals surface area contributed by atoms with Gasteiger partial charge in [0.2, 0.25) is 0 Å². The fourth-order valence-electron chi connectivity index (χ4n) is 1.61. The normalized spacial score (nSPS) is 10.5. The zero-order chi connectivity index (χ0) is 12.3. The van der Waals surface area contributed by atoms with E-state index in [4.69, 9.17) is 0 Å². The highest BCUT2D eigenvalue weighted by atomic mass is 32.1. The maximum atomic E-state index is 12.9. The molecule has 1 aromatic carbocycles. The van der Waals surface area contributed by atoms with Crippen LogP contribution in [0.15, 0.2) is 35.7 Å². The number of benzene rings is 1. The Hall–Kier alpha value is -1.55. The van der Waals surface area contributed by atoms with Crippen molar-refractivity contribution in [2.45, 2.75) is 12.8 Å². The molecule has 1 nitrogen and oxygen atoms in total. The third kappa shape index (κ3) is 3.46. The molecule has 0 amide bonds. The Kier molecular flexibility index (Phi) is 3.64. The molecule has 0 fully saturated rings. The predicted molar refractivity (Wildman–Crippen MR) is 63.1 cm³/mol. The topological polar surface area (TPSA) is 17.1 Å². The number of hydrogen-bond acceptors (Lipinski definition) is 2. The Morgan fingerprint density at radius 1 is 1.12 bits per heavy atom. The number of thiophene rings is 1. The first-order valence-electron chi connectivity index (χ1n) is 5.12. The molecule has 0 bridgehead atoms. The zero-order valence-corrected chi connectivity index (χ0v) is 9.77. The molecular formula is C13H10F2OS. The minimum absolute atomic E-state index is 0.0440. The molecule has 17 heavy (non-hydrogen) atoms. The molecule has 2 rings (SSSR count). The van der Waals surface area contributed by atoms with Crippen LogP contribution in [0.1, 0.15) is 10.4 Å². The highest BCUT2D eigenvalue weighted by molar-refractivity contribution is 7.10. The Morgan fingerprint density at radius 2 is 1.82 bits per heavy atom. The van der Waals surface area contributed by atoms with E-state index in [1.807, 2.05) is 17.5 Å². The summed E-state index contributed by atoms with van der Waals surface area (Å²) in [7, 11) is 0. The van der Waals surface area contributed by atoms with Gasteiger partial charge < -0.3 is 0 Å². The highest BCUT2D eigenvalue weighted by Gasteiger charge is 2.08. The minimum Gasteiger partial charge on any atom is -0.299 e. The van der Waals surface area contributed by atoms with E-state index in [0.29, 0.717) is 12.0 Å². The summed E-state index contributed by atoms with van der Waals surface area (Å²) in [5.41, 5.74) is 0.379. The molecule has 0 saturated carbocycles. The van der Waals surface area contributed by atoms with Crippen LogP contribution in [-0.2, 0) is 17.6 Å². The third-order valence-corrected chi connectivity index (χ3v) is 3.15. The van der Waals surface area contributed by atoms with Crippen molar-refractivity contribution in [2.24, 2.45) is 0 Å². The standard InChI is InChI=1S/C13H10F2OS/c14-10-4-9(5-11(15)7-10)6-12(16)8-13-2-1-3-17-13/h1-5,7H,6,8H2. The van der Waals surface area contributed by atoms with E-state index < -0.39 is 11.6 Å². The molecule has 0 unspecified atom stereocenters. The Morgan fingerprint density at radius 3 is 2.41 bits per heavy atom. The van der Waals surface area contributed by atoms with E-state index in [1.54, 1.807) is 0 Å². The molecule has 0 N–H and O–H groups in total. The van der Waals surface area contributed by atoms with Crippen molar-refractivity contribution in [3.63, 3.8) is 0 Å². The maximum absolute atomic E-state index is 12.9. The molecule has 0 aliphatic heterocycles. The van der Waals surface area contributed by atoms with E-state index in [9.17, 15) is 13.6 Å². The Labute approximate surface area is 102 Å². The van der Waals surface area contributed by atoms with Crippen LogP contribution in [0.2, 0.25) is 0 Å². The number of Topliss-reactive ketones (excluding diaryl/α,β-unsaturated/α-hetero) is 1. The van der Waals surface area contributed by atoms with Gasteiger partial charge in [-0.05, 0) is 29.1 Å². The fraction of sp³-hybridized carbons (Fsp3) is 0.154. The SMILES string of the molecule is O=C(Cc1cc(F)cc(F)c1)Cc1cccs1. The highest BCUT2D eigenvalue weighted by Crippen LogP contribution is 2.13. The lowest BCUT2D eigenvalue weighted by atomic mass is 10.1. The maximum Gasteiger partial charge on any atom is 0.142 e. The van der Waals surface area contributed by atoms with Gasteiger partial charge in [0.15, 0.2) is 0 Å². The van der Waals surface area contributed by atoms with Crippen LogP contribution in [-0.4, -0.2) is 5.78 Å². The van der Waals surface area contributed by atoms with Gasteiger partial charge in [0.1, 0.15) is 17.4 Å². The summed E-state index contributed by atoms with van der Waals surface area (Å²) in [5, 5.41) is 1.89. The first-order valence-corrected chi connectivity index (χ1v) is 6.00. The number of halogens is 2. The molecule has 88 valence electrons. The van der Waals surface area contributed by atoms with E-state index in [2.05, 4.69) is 0 Å². The summed E-state index contributed by atoms with van der Waals surface area (Å²) in [6.45, 7) is 0. The Bertz CT molecular complexity index is 500. The lowest BCUT2D eigenvalue weighted by molar-refractivity contribution is -0.117. The molecule has 2 aromatic rings. The molecule has 0 radical (unpaired) electrons. The van der Waals surface area contributed by atoms with Crippen molar-refractivity contribution in [1.82, 2.24) is 0 Å². The van der Waals surface area contributed by atoms with Gasteiger partial charge in [-0.2, -0.15) is 0 Å². The summed E-state index contributed by atoms with van der Waals surface area (Å²) in [6, 6.07) is 6.92. The first-order chi connectivity index (χ1) is 8.13. The quantitative estimate of drug-likeness (QED) is 0.815. The van der Waals surface area contributed by atoms with Crippen LogP contribution in [0.4, 0.5) is 8.78 Å². The number of ketones is 1. The van der Waals surface area contributed by atoms with Crippen molar-refractivity contribution >= 4 is 17.1 Å². The smallest absolute Gasteiger partial charge is 0.142 e. The third-order valence-electron chi connectivity index (χ3n) is 2.28. The molecule has 0 spiro atoms. The van der Waals surface area contributed by atoms with Crippen molar-refractivity contribution in [2.75, 3.05) is 0 Å². The molecule has 1 aromatic heterocycles. The van der Waals surface area contributed by atoms with Crippen molar-refractivity contribution in [3.05, 3.63) is 57.8 Å². The average Bonchev–Trinajstić information content (AvgIpc) is 2.67. The van der Waals surface area contributed by atoms with Gasteiger partial charge in [0, 0.05) is 23.8 Å². The van der Waals surface area contributed by atoms with Crippen molar-refractivity contribution < 1.29 is 13.6 Å². The number of carbonyl (C=O) groups is 1. The largest absolute Gasteiger partial charge is 0.299 e. The van der Waals surface area contributed by atoms with Crippen LogP contribution >= 0.6 is 11.3 Å². The van der Waals surface area contributed by atoms with Gasteiger partial charge in [-0.25, -0.2) is 8.78 Å². The summed E-state index contributed by atoms with van der Waals surface area (Å²) in [6.07, 6.45) is 0.377. The van der Waals surface area contributed by atoms with Crippen LogP contribution in [0.5, 0.6) is 0 Å². The second-order valence-electron chi connectivity index (χ2n) is 3.75. The summed E-state index contributed by atoms with van der Waals surface area (Å²) < 4.78 is 25.8. The van der Waals surface area contributed by atoms with E-state index in [1.165, 1.54) is 23.5 Å². The van der Waals surface area contributed by atoms with Crippen molar-refractivity contribution in [3.8, 4) is 0 Å². The van der Waals surface area contributed by atoms with Crippen molar-refractivity contribution in [1.29, 1.82) is 0 Å². The fourth-order valence-corrected chi connectivity index (χ4v) is 2.34. The second-order valence-corrected chi connectivity index (χ2v) is 4.78. The summed E-state index contributed by atoms with van der Waals surface area (Å²) in [4.78, 5) is 12.6. The predicted octanol–water partition coefficient (Wildman–Crippen LogP) is 3.38. The summed E-state index contributed by atoms with van der Waals surface area (Å²) in [5.74, 6) is -1.34. The van der Waals surface area contributed by atoms with E-state index in [0.717, 1.165) is 10.9 Å². The lowest BCUT2D eigenvalue weighted by Crippen LogP contribution is -2.06. The molecule has 4 heteroatoms. The van der Waals surface area contributed by atoms with E-state index in [-0.39, 0.29) is 12.2 Å². The number of carbonyl (C=O) groups excluding carboxylic acids is 1. The molecular weight excluding hydrogens is 242 g/mol. The minimum atomic E-state index is -0.649. The van der Waals surface area contributed by atoms with Gasteiger partial charge in [0.25, 0.3) is 0 Å². The van der Waals surface area contributed by atoms with Gasteiger partial charge >= 0.3 is 0 Å². The zero-order valence-electron chi connectivity index (χ0n) is 8.95. The van der Waals surface area contributed by atoms with Gasteiger partial charge in [-0.15, -0.1) is 11.3 Å². The first kappa shape index (κ1) is 11.9. The van der Waals surface area contributed by atoms with Crippen LogP contribution in [0, 0.1) is 11.6 Å². The van der Waals surface area contributed by atoms with Crippen LogP contribution in [0.3, 0.4) is 0 Å². The molecule has 1 heterocycles. The number of hydrogen-bond donors (Lipinski definition) is 0. The lowest BCUT2D eigenvalue weighted by Gasteiger charge is -2.01. The number of rotatable bonds is 4. The summed E-state index contributed by atoms with van der Waals surface area (Å²) >= 11 is 1.50. The monoisotopic (exact) mass is 252 g/mol. The average molecular weight is 252 g/mol. The Balaban J connectivity index is 2.03. The van der Waals surface area contributed by atoms with E-state index >= 15 is 0 Å². The van der Waals surface area contributed by atoms with Gasteiger partial charge in [-0.3, -0.25) is 4.79 Å².